The molecule has 1 unspecified atom stereocenters. The van der Waals surface area contributed by atoms with Crippen molar-refractivity contribution in [3.8, 4) is 0 Å². The van der Waals surface area contributed by atoms with Gasteiger partial charge in [0, 0.05) is 0 Å². The maximum absolute atomic E-state index is 10.9. The van der Waals surface area contributed by atoms with Gasteiger partial charge in [0.1, 0.15) is 6.54 Å². The molecule has 1 fully saturated rings. The first-order valence-corrected chi connectivity index (χ1v) is 3.66. The second-order valence-corrected chi connectivity index (χ2v) is 3.57. The lowest BCUT2D eigenvalue weighted by Crippen LogP contribution is -3.00. The maximum Gasteiger partial charge on any atom is 0.362 e. The minimum atomic E-state index is -0.314. The quantitative estimate of drug-likeness (QED) is 0.343. The van der Waals surface area contributed by atoms with Gasteiger partial charge in [-0.15, -0.1) is 0 Å². The molecule has 0 spiro atoms. The van der Waals surface area contributed by atoms with Crippen LogP contribution in [0.25, 0.3) is 0 Å². The fourth-order valence-electron chi connectivity index (χ4n) is 1.32. The Labute approximate surface area is 78.1 Å². The Balaban J connectivity index is 0.00000121. The first kappa shape index (κ1) is 11.7. The van der Waals surface area contributed by atoms with Crippen LogP contribution in [0.4, 0.5) is 0 Å². The van der Waals surface area contributed by atoms with Crippen LogP contribution in [0.15, 0.2) is 0 Å². The molecule has 1 aliphatic rings. The van der Waals surface area contributed by atoms with Gasteiger partial charge in [-0.2, -0.15) is 0 Å². The molecule has 12 heavy (non-hydrogen) atoms. The molecular formula is C7H14ClNO3. The lowest BCUT2D eigenvalue weighted by molar-refractivity contribution is -0.891. The van der Waals surface area contributed by atoms with Crippen LogP contribution in [0.2, 0.25) is 0 Å². The lowest BCUT2D eigenvalue weighted by atomic mass is 10.2. The number of rotatable bonds is 1. The van der Waals surface area contributed by atoms with Gasteiger partial charge in [0.2, 0.25) is 0 Å². The molecule has 1 aliphatic heterocycles. The second kappa shape index (κ2) is 4.07. The van der Waals surface area contributed by atoms with Crippen molar-refractivity contribution in [2.24, 2.45) is 0 Å². The molecule has 0 bridgehead atoms. The summed E-state index contributed by atoms with van der Waals surface area (Å²) in [6.45, 7) is 1.02. The largest absolute Gasteiger partial charge is 1.00 e. The van der Waals surface area contributed by atoms with E-state index in [2.05, 4.69) is 0 Å². The fraction of sp³-hybridized carbons (Fsp3) is 0.857. The van der Waals surface area contributed by atoms with E-state index in [0.29, 0.717) is 17.6 Å². The molecular weight excluding hydrogens is 182 g/mol. The monoisotopic (exact) mass is 195 g/mol. The number of morpholine rings is 1. The molecule has 0 aromatic rings. The Morgan fingerprint density at radius 1 is 1.67 bits per heavy atom. The summed E-state index contributed by atoms with van der Waals surface area (Å²) in [7, 11) is 3.90. The Kier molecular flexibility index (Phi) is 3.96. The molecule has 1 saturated heterocycles. The van der Waals surface area contributed by atoms with E-state index >= 15 is 0 Å². The van der Waals surface area contributed by atoms with Crippen molar-refractivity contribution in [3.63, 3.8) is 0 Å². The molecule has 1 N–H and O–H groups in total. The van der Waals surface area contributed by atoms with Gasteiger partial charge in [-0.1, -0.05) is 0 Å². The maximum atomic E-state index is 10.9. The van der Waals surface area contributed by atoms with Crippen molar-refractivity contribution in [3.05, 3.63) is 0 Å². The van der Waals surface area contributed by atoms with Crippen LogP contribution < -0.4 is 12.4 Å². The highest BCUT2D eigenvalue weighted by atomic mass is 35.5. The number of aliphatic hydroxyl groups excluding tert-OH is 1. The summed E-state index contributed by atoms with van der Waals surface area (Å²) in [5, 5.41) is 8.75. The van der Waals surface area contributed by atoms with Crippen LogP contribution in [0.5, 0.6) is 0 Å². The van der Waals surface area contributed by atoms with Crippen molar-refractivity contribution in [2.75, 3.05) is 33.8 Å². The number of quaternary nitrogens is 1. The van der Waals surface area contributed by atoms with Crippen molar-refractivity contribution in [1.29, 1.82) is 0 Å². The third kappa shape index (κ3) is 2.97. The highest BCUT2D eigenvalue weighted by Gasteiger charge is 2.33. The highest BCUT2D eigenvalue weighted by Crippen LogP contribution is 2.09. The lowest BCUT2D eigenvalue weighted by Gasteiger charge is -2.35. The van der Waals surface area contributed by atoms with Crippen LogP contribution in [0, 0.1) is 0 Å². The van der Waals surface area contributed by atoms with Crippen molar-refractivity contribution >= 4 is 5.97 Å². The number of carbonyl (C=O) groups is 1. The number of likely N-dealkylation sites (N-methyl/N-ethyl adjacent to an activating group) is 1. The van der Waals surface area contributed by atoms with Gasteiger partial charge >= 0.3 is 5.97 Å². The van der Waals surface area contributed by atoms with Crippen molar-refractivity contribution < 1.29 is 31.5 Å². The number of aliphatic hydroxyl groups is 1. The highest BCUT2D eigenvalue weighted by molar-refractivity contribution is 5.71. The van der Waals surface area contributed by atoms with E-state index in [-0.39, 0.29) is 31.1 Å². The van der Waals surface area contributed by atoms with Gasteiger partial charge in [-0.25, -0.2) is 4.79 Å². The number of cyclic esters (lactones) is 1. The summed E-state index contributed by atoms with van der Waals surface area (Å²) in [5.74, 6) is -0.222. The van der Waals surface area contributed by atoms with E-state index in [9.17, 15) is 4.79 Å². The Morgan fingerprint density at radius 2 is 2.25 bits per heavy atom. The third-order valence-corrected chi connectivity index (χ3v) is 1.76. The fourth-order valence-corrected chi connectivity index (χ4v) is 1.32. The summed E-state index contributed by atoms with van der Waals surface area (Å²) >= 11 is 0. The van der Waals surface area contributed by atoms with Gasteiger partial charge < -0.3 is 26.7 Å². The SMILES string of the molecule is C[N+]1(C)CC(=O)OC(CO)C1.[Cl-]. The number of hydrogen-bond donors (Lipinski definition) is 1. The van der Waals surface area contributed by atoms with Crippen LogP contribution in [0.3, 0.4) is 0 Å². The van der Waals surface area contributed by atoms with Crippen molar-refractivity contribution in [2.45, 2.75) is 6.10 Å². The number of halogens is 1. The first-order valence-electron chi connectivity index (χ1n) is 3.66. The van der Waals surface area contributed by atoms with E-state index in [1.165, 1.54) is 0 Å². The molecule has 0 radical (unpaired) electrons. The van der Waals surface area contributed by atoms with Crippen LogP contribution in [0.1, 0.15) is 0 Å². The zero-order chi connectivity index (χ0) is 8.48. The minimum Gasteiger partial charge on any atom is -1.00 e. The summed E-state index contributed by atoms with van der Waals surface area (Å²) in [5.41, 5.74) is 0. The van der Waals surface area contributed by atoms with Gasteiger partial charge in [0.25, 0.3) is 0 Å². The Morgan fingerprint density at radius 3 is 2.67 bits per heavy atom. The van der Waals surface area contributed by atoms with E-state index in [1.54, 1.807) is 0 Å². The van der Waals surface area contributed by atoms with E-state index in [4.69, 9.17) is 9.84 Å². The van der Waals surface area contributed by atoms with Crippen LogP contribution >= 0.6 is 0 Å². The van der Waals surface area contributed by atoms with Crippen LogP contribution in [-0.2, 0) is 9.53 Å². The minimum absolute atomic E-state index is 0. The van der Waals surface area contributed by atoms with Crippen molar-refractivity contribution in [1.82, 2.24) is 0 Å². The predicted octanol–water partition coefficient (Wildman–Crippen LogP) is -4.02. The summed E-state index contributed by atoms with van der Waals surface area (Å²) < 4.78 is 5.47. The number of esters is 1. The van der Waals surface area contributed by atoms with Gasteiger partial charge in [-0.3, -0.25) is 0 Å². The predicted molar refractivity (Wildman–Crippen MR) is 38.8 cm³/mol. The normalized spacial score (nSPS) is 27.2. The zero-order valence-corrected chi connectivity index (χ0v) is 8.04. The molecule has 1 atom stereocenters. The smallest absolute Gasteiger partial charge is 0.362 e. The van der Waals surface area contributed by atoms with E-state index in [0.717, 1.165) is 0 Å². The number of hydrogen-bond acceptors (Lipinski definition) is 3. The summed E-state index contributed by atoms with van der Waals surface area (Å²) in [6, 6.07) is 0. The van der Waals surface area contributed by atoms with E-state index in [1.807, 2.05) is 14.1 Å². The standard InChI is InChI=1S/C7H14NO3.ClH/c1-8(2)3-6(5-9)11-7(10)4-8;/h6,9H,3-5H2,1-2H3;1H/q+1;/p-1. The molecule has 0 amide bonds. The topological polar surface area (TPSA) is 46.5 Å². The number of carbonyl (C=O) groups excluding carboxylic acids is 1. The number of nitrogens with zero attached hydrogens (tertiary/aromatic N) is 1. The van der Waals surface area contributed by atoms with Gasteiger partial charge in [0.15, 0.2) is 12.6 Å². The second-order valence-electron chi connectivity index (χ2n) is 3.57. The first-order chi connectivity index (χ1) is 5.03. The molecule has 5 heteroatoms. The molecule has 0 aromatic heterocycles. The molecule has 0 saturated carbocycles. The third-order valence-electron chi connectivity index (χ3n) is 1.76. The molecule has 0 aliphatic carbocycles. The molecule has 72 valence electrons. The molecule has 1 rings (SSSR count). The summed E-state index contributed by atoms with van der Waals surface area (Å²) in [4.78, 5) is 10.9. The molecule has 1 heterocycles. The Hall–Kier alpha value is -0.320. The van der Waals surface area contributed by atoms with Gasteiger partial charge in [0.05, 0.1) is 20.7 Å². The number of ether oxygens (including phenoxy) is 1. The zero-order valence-electron chi connectivity index (χ0n) is 7.29. The van der Waals surface area contributed by atoms with Gasteiger partial charge in [-0.05, 0) is 0 Å². The average molecular weight is 196 g/mol. The summed E-state index contributed by atoms with van der Waals surface area (Å²) in [6.07, 6.45) is -0.314. The molecule has 4 nitrogen and oxygen atoms in total. The van der Waals surface area contributed by atoms with Crippen LogP contribution in [-0.4, -0.2) is 55.5 Å². The van der Waals surface area contributed by atoms with E-state index < -0.39 is 0 Å². The average Bonchev–Trinajstić information content (AvgIpc) is 1.83. The Bertz CT molecular complexity index is 172. The molecule has 0 aromatic carbocycles.